The van der Waals surface area contributed by atoms with Gasteiger partial charge in [-0.25, -0.2) is 0 Å². The molecule has 0 aromatic heterocycles. The number of aryl methyl sites for hydroxylation is 1. The molecule has 2 aromatic carbocycles. The van der Waals surface area contributed by atoms with E-state index in [4.69, 9.17) is 14.2 Å². The molecule has 0 atom stereocenters. The molecule has 5 heteroatoms. The van der Waals surface area contributed by atoms with Crippen molar-refractivity contribution in [3.8, 4) is 23.0 Å². The van der Waals surface area contributed by atoms with Crippen molar-refractivity contribution in [2.75, 3.05) is 27.9 Å². The molecule has 0 aliphatic carbocycles. The average molecular weight is 331 g/mol. The van der Waals surface area contributed by atoms with E-state index in [2.05, 4.69) is 5.32 Å². The number of para-hydroxylation sites is 1. The smallest absolute Gasteiger partial charge is 0.164 e. The van der Waals surface area contributed by atoms with Crippen molar-refractivity contribution in [1.82, 2.24) is 5.32 Å². The molecule has 0 unspecified atom stereocenters. The Hall–Kier alpha value is -2.40. The fourth-order valence-corrected chi connectivity index (χ4v) is 2.60. The van der Waals surface area contributed by atoms with Gasteiger partial charge in [-0.3, -0.25) is 0 Å². The van der Waals surface area contributed by atoms with E-state index in [-0.39, 0.29) is 0 Å². The van der Waals surface area contributed by atoms with Crippen LogP contribution in [0, 0.1) is 6.92 Å². The van der Waals surface area contributed by atoms with Crippen molar-refractivity contribution in [3.63, 3.8) is 0 Å². The summed E-state index contributed by atoms with van der Waals surface area (Å²) in [5.41, 5.74) is 2.82. The Morgan fingerprint density at radius 2 is 1.58 bits per heavy atom. The highest BCUT2D eigenvalue weighted by Crippen LogP contribution is 2.34. The van der Waals surface area contributed by atoms with Gasteiger partial charge in [0.25, 0.3) is 0 Å². The van der Waals surface area contributed by atoms with Gasteiger partial charge in [-0.2, -0.15) is 0 Å². The van der Waals surface area contributed by atoms with Crippen molar-refractivity contribution in [3.05, 3.63) is 47.0 Å². The van der Waals surface area contributed by atoms with Crippen LogP contribution in [-0.4, -0.2) is 33.0 Å². The highest BCUT2D eigenvalue weighted by molar-refractivity contribution is 5.50. The van der Waals surface area contributed by atoms with E-state index >= 15 is 0 Å². The van der Waals surface area contributed by atoms with Crippen LogP contribution in [0.3, 0.4) is 0 Å². The number of phenols is 1. The monoisotopic (exact) mass is 331 g/mol. The molecule has 2 aromatic rings. The molecule has 2 rings (SSSR count). The van der Waals surface area contributed by atoms with Gasteiger partial charge in [0.05, 0.1) is 21.3 Å². The van der Waals surface area contributed by atoms with Crippen LogP contribution >= 0.6 is 0 Å². The van der Waals surface area contributed by atoms with E-state index < -0.39 is 0 Å². The maximum atomic E-state index is 10.0. The normalized spacial score (nSPS) is 10.5. The molecule has 0 radical (unpaired) electrons. The third kappa shape index (κ3) is 4.11. The minimum atomic E-state index is 0.355. The fourth-order valence-electron chi connectivity index (χ4n) is 2.60. The summed E-state index contributed by atoms with van der Waals surface area (Å²) in [4.78, 5) is 0. The second-order valence-corrected chi connectivity index (χ2v) is 5.53. The lowest BCUT2D eigenvalue weighted by atomic mass is 10.1. The van der Waals surface area contributed by atoms with E-state index in [9.17, 15) is 5.11 Å². The van der Waals surface area contributed by atoms with Gasteiger partial charge >= 0.3 is 0 Å². The minimum Gasteiger partial charge on any atom is -0.507 e. The Balaban J connectivity index is 2.00. The highest BCUT2D eigenvalue weighted by atomic mass is 16.5. The summed E-state index contributed by atoms with van der Waals surface area (Å²) in [5.74, 6) is 2.46. The topological polar surface area (TPSA) is 60.0 Å². The van der Waals surface area contributed by atoms with Crippen molar-refractivity contribution >= 4 is 0 Å². The van der Waals surface area contributed by atoms with Crippen LogP contribution in [0.2, 0.25) is 0 Å². The largest absolute Gasteiger partial charge is 0.507 e. The standard InChI is InChI=1S/C19H25NO4/c1-13-6-5-7-15(19(13)21)12-20-9-8-14-10-17(23-3)18(24-4)11-16(14)22-2/h5-7,10-11,20-21H,8-9,12H2,1-4H3. The van der Waals surface area contributed by atoms with E-state index in [1.807, 2.05) is 37.3 Å². The lowest BCUT2D eigenvalue weighted by Gasteiger charge is -2.14. The Bertz CT molecular complexity index is 685. The van der Waals surface area contributed by atoms with Crippen molar-refractivity contribution in [2.24, 2.45) is 0 Å². The molecule has 0 bridgehead atoms. The summed E-state index contributed by atoms with van der Waals surface area (Å²) in [7, 11) is 4.86. The number of aromatic hydroxyl groups is 1. The van der Waals surface area contributed by atoms with Crippen LogP contribution in [0.1, 0.15) is 16.7 Å². The summed E-state index contributed by atoms with van der Waals surface area (Å²) >= 11 is 0. The van der Waals surface area contributed by atoms with Gasteiger partial charge < -0.3 is 24.6 Å². The number of hydrogen-bond donors (Lipinski definition) is 2. The molecule has 5 nitrogen and oxygen atoms in total. The Morgan fingerprint density at radius 1 is 0.917 bits per heavy atom. The molecule has 0 heterocycles. The number of phenolic OH excluding ortho intramolecular Hbond substituents is 1. The van der Waals surface area contributed by atoms with Crippen molar-refractivity contribution < 1.29 is 19.3 Å². The third-order valence-corrected chi connectivity index (χ3v) is 3.99. The first kappa shape index (κ1) is 17.9. The molecule has 0 spiro atoms. The molecule has 0 saturated carbocycles. The average Bonchev–Trinajstić information content (AvgIpc) is 2.61. The van der Waals surface area contributed by atoms with E-state index in [1.165, 1.54) is 0 Å². The summed E-state index contributed by atoms with van der Waals surface area (Å²) in [6.07, 6.45) is 0.774. The Labute approximate surface area is 143 Å². The van der Waals surface area contributed by atoms with Crippen LogP contribution in [-0.2, 0) is 13.0 Å². The number of methoxy groups -OCH3 is 3. The maximum absolute atomic E-state index is 10.0. The first-order chi connectivity index (χ1) is 11.6. The Kier molecular flexibility index (Phi) is 6.32. The van der Waals surface area contributed by atoms with Gasteiger partial charge in [-0.1, -0.05) is 18.2 Å². The molecule has 0 aliphatic rings. The quantitative estimate of drug-likeness (QED) is 0.728. The Morgan fingerprint density at radius 3 is 2.25 bits per heavy atom. The number of nitrogens with one attached hydrogen (secondary N) is 1. The third-order valence-electron chi connectivity index (χ3n) is 3.99. The number of rotatable bonds is 8. The summed E-state index contributed by atoms with van der Waals surface area (Å²) in [6, 6.07) is 9.53. The lowest BCUT2D eigenvalue weighted by molar-refractivity contribution is 0.347. The van der Waals surface area contributed by atoms with Crippen molar-refractivity contribution in [1.29, 1.82) is 0 Å². The SMILES string of the molecule is COc1cc(OC)c(OC)cc1CCNCc1cccc(C)c1O. The molecule has 2 N–H and O–H groups in total. The van der Waals surface area contributed by atoms with Gasteiger partial charge in [0.2, 0.25) is 0 Å². The van der Waals surface area contributed by atoms with E-state index in [1.54, 1.807) is 21.3 Å². The predicted molar refractivity (Wildman–Crippen MR) is 94.4 cm³/mol. The predicted octanol–water partition coefficient (Wildman–Crippen LogP) is 3.06. The number of ether oxygens (including phenoxy) is 3. The van der Waals surface area contributed by atoms with Crippen LogP contribution in [0.4, 0.5) is 0 Å². The van der Waals surface area contributed by atoms with Crippen molar-refractivity contribution in [2.45, 2.75) is 19.9 Å². The molecular weight excluding hydrogens is 306 g/mol. The van der Waals surface area contributed by atoms with Gasteiger partial charge in [0.1, 0.15) is 11.5 Å². The zero-order valence-electron chi connectivity index (χ0n) is 14.7. The van der Waals surface area contributed by atoms with Gasteiger partial charge in [0, 0.05) is 18.2 Å². The molecule has 130 valence electrons. The van der Waals surface area contributed by atoms with E-state index in [0.29, 0.717) is 23.8 Å². The van der Waals surface area contributed by atoms with Crippen LogP contribution < -0.4 is 19.5 Å². The second kappa shape index (κ2) is 8.45. The summed E-state index contributed by atoms with van der Waals surface area (Å²) in [5, 5.41) is 13.4. The molecule has 0 saturated heterocycles. The molecule has 0 amide bonds. The maximum Gasteiger partial charge on any atom is 0.164 e. The minimum absolute atomic E-state index is 0.355. The molecular formula is C19H25NO4. The zero-order chi connectivity index (χ0) is 17.5. The molecule has 24 heavy (non-hydrogen) atoms. The fraction of sp³-hybridized carbons (Fsp3) is 0.368. The number of benzene rings is 2. The molecule has 0 aliphatic heterocycles. The molecule has 0 fully saturated rings. The lowest BCUT2D eigenvalue weighted by Crippen LogP contribution is -2.17. The van der Waals surface area contributed by atoms with Crippen LogP contribution in [0.5, 0.6) is 23.0 Å². The highest BCUT2D eigenvalue weighted by Gasteiger charge is 2.11. The second-order valence-electron chi connectivity index (χ2n) is 5.53. The number of hydrogen-bond acceptors (Lipinski definition) is 5. The van der Waals surface area contributed by atoms with Crippen LogP contribution in [0.25, 0.3) is 0 Å². The first-order valence-corrected chi connectivity index (χ1v) is 7.87. The summed E-state index contributed by atoms with van der Waals surface area (Å²) in [6.45, 7) is 3.26. The van der Waals surface area contributed by atoms with Gasteiger partial charge in [-0.15, -0.1) is 0 Å². The van der Waals surface area contributed by atoms with Gasteiger partial charge in [-0.05, 0) is 37.1 Å². The summed E-state index contributed by atoms with van der Waals surface area (Å²) < 4.78 is 16.1. The zero-order valence-corrected chi connectivity index (χ0v) is 14.7. The van der Waals surface area contributed by atoms with E-state index in [0.717, 1.165) is 35.4 Å². The first-order valence-electron chi connectivity index (χ1n) is 7.87. The van der Waals surface area contributed by atoms with Crippen LogP contribution in [0.15, 0.2) is 30.3 Å². The van der Waals surface area contributed by atoms with Gasteiger partial charge in [0.15, 0.2) is 11.5 Å².